The lowest BCUT2D eigenvalue weighted by Gasteiger charge is -2.23. The lowest BCUT2D eigenvalue weighted by Crippen LogP contribution is -2.41. The van der Waals surface area contributed by atoms with Gasteiger partial charge in [0.05, 0.1) is 11.8 Å². The number of hydrogen-bond acceptors (Lipinski definition) is 2. The molecule has 0 bridgehead atoms. The Bertz CT molecular complexity index is 378. The Hall–Kier alpha value is -1.32. The number of carboxylic acid groups (broad SMARTS) is 1. The molecule has 1 amide bonds. The monoisotopic (exact) mass is 265 g/mol. The van der Waals surface area contributed by atoms with E-state index in [4.69, 9.17) is 0 Å². The fourth-order valence-corrected chi connectivity index (χ4v) is 3.27. The highest BCUT2D eigenvalue weighted by Gasteiger charge is 2.42. The summed E-state index contributed by atoms with van der Waals surface area (Å²) in [6.07, 6.45) is 9.38. The van der Waals surface area contributed by atoms with Crippen LogP contribution in [0.5, 0.6) is 0 Å². The summed E-state index contributed by atoms with van der Waals surface area (Å²) in [6, 6.07) is 0.188. The summed E-state index contributed by atoms with van der Waals surface area (Å²) in [5.41, 5.74) is 0. The molecule has 106 valence electrons. The predicted octanol–water partition coefficient (Wildman–Crippen LogP) is 2.35. The van der Waals surface area contributed by atoms with Crippen LogP contribution in [0.2, 0.25) is 0 Å². The minimum atomic E-state index is -0.820. The van der Waals surface area contributed by atoms with Crippen molar-refractivity contribution in [1.82, 2.24) is 5.32 Å². The summed E-state index contributed by atoms with van der Waals surface area (Å²) < 4.78 is 0. The number of rotatable bonds is 4. The van der Waals surface area contributed by atoms with Crippen LogP contribution in [0.4, 0.5) is 0 Å². The molecule has 4 heteroatoms. The molecule has 0 saturated heterocycles. The van der Waals surface area contributed by atoms with Gasteiger partial charge in [-0.15, -0.1) is 0 Å². The maximum absolute atomic E-state index is 12.3. The van der Waals surface area contributed by atoms with E-state index in [1.165, 1.54) is 0 Å². The molecule has 0 spiro atoms. The zero-order valence-corrected chi connectivity index (χ0v) is 11.5. The van der Waals surface area contributed by atoms with Crippen molar-refractivity contribution in [2.24, 2.45) is 17.8 Å². The molecule has 2 rings (SSSR count). The van der Waals surface area contributed by atoms with Crippen LogP contribution in [0, 0.1) is 17.8 Å². The van der Waals surface area contributed by atoms with Crippen molar-refractivity contribution in [2.45, 2.75) is 51.5 Å². The number of allylic oxidation sites excluding steroid dienone is 1. The minimum absolute atomic E-state index is 0.0522. The van der Waals surface area contributed by atoms with E-state index in [9.17, 15) is 14.7 Å². The van der Waals surface area contributed by atoms with E-state index in [1.807, 2.05) is 0 Å². The van der Waals surface area contributed by atoms with Crippen LogP contribution in [0.1, 0.15) is 45.4 Å². The lowest BCUT2D eigenvalue weighted by molar-refractivity contribution is -0.146. The molecule has 1 fully saturated rings. The van der Waals surface area contributed by atoms with Crippen molar-refractivity contribution in [3.63, 3.8) is 0 Å². The van der Waals surface area contributed by atoms with Crippen LogP contribution in [-0.4, -0.2) is 23.0 Å². The van der Waals surface area contributed by atoms with Crippen LogP contribution in [0.3, 0.4) is 0 Å². The molecular formula is C15H23NO3. The second-order valence-corrected chi connectivity index (χ2v) is 5.79. The zero-order valence-electron chi connectivity index (χ0n) is 11.5. The highest BCUT2D eigenvalue weighted by atomic mass is 16.4. The highest BCUT2D eigenvalue weighted by molar-refractivity contribution is 5.85. The van der Waals surface area contributed by atoms with Crippen LogP contribution in [-0.2, 0) is 9.59 Å². The number of nitrogens with one attached hydrogen (secondary N) is 1. The second-order valence-electron chi connectivity index (χ2n) is 5.79. The van der Waals surface area contributed by atoms with Gasteiger partial charge in [-0.25, -0.2) is 0 Å². The molecular weight excluding hydrogens is 242 g/mol. The van der Waals surface area contributed by atoms with E-state index in [-0.39, 0.29) is 17.9 Å². The summed E-state index contributed by atoms with van der Waals surface area (Å²) in [7, 11) is 0. The number of hydrogen-bond donors (Lipinski definition) is 2. The van der Waals surface area contributed by atoms with Crippen molar-refractivity contribution in [2.75, 3.05) is 0 Å². The topological polar surface area (TPSA) is 66.4 Å². The van der Waals surface area contributed by atoms with Crippen molar-refractivity contribution >= 4 is 11.9 Å². The molecule has 0 aromatic carbocycles. The molecule has 4 nitrogen and oxygen atoms in total. The highest BCUT2D eigenvalue weighted by Crippen LogP contribution is 2.38. The molecule has 2 unspecified atom stereocenters. The third kappa shape index (κ3) is 3.37. The molecule has 1 saturated carbocycles. The van der Waals surface area contributed by atoms with Crippen molar-refractivity contribution in [3.8, 4) is 0 Å². The van der Waals surface area contributed by atoms with Crippen molar-refractivity contribution in [1.29, 1.82) is 0 Å². The van der Waals surface area contributed by atoms with Gasteiger partial charge in [0.1, 0.15) is 0 Å². The normalized spacial score (nSPS) is 34.2. The Kier molecular flexibility index (Phi) is 4.61. The van der Waals surface area contributed by atoms with E-state index >= 15 is 0 Å². The zero-order chi connectivity index (χ0) is 13.8. The molecule has 0 radical (unpaired) electrons. The first-order chi connectivity index (χ1) is 9.11. The van der Waals surface area contributed by atoms with Gasteiger partial charge < -0.3 is 10.4 Å². The van der Waals surface area contributed by atoms with Crippen LogP contribution >= 0.6 is 0 Å². The Morgan fingerprint density at radius 1 is 1.26 bits per heavy atom. The summed E-state index contributed by atoms with van der Waals surface area (Å²) in [4.78, 5) is 23.6. The molecule has 0 aromatic heterocycles. The minimum Gasteiger partial charge on any atom is -0.481 e. The fourth-order valence-electron chi connectivity index (χ4n) is 3.27. The fraction of sp³-hybridized carbons (Fsp3) is 0.733. The average molecular weight is 265 g/mol. The van der Waals surface area contributed by atoms with E-state index in [2.05, 4.69) is 24.4 Å². The Morgan fingerprint density at radius 2 is 2.00 bits per heavy atom. The van der Waals surface area contributed by atoms with E-state index in [1.54, 1.807) is 0 Å². The lowest BCUT2D eigenvalue weighted by atomic mass is 9.94. The number of carbonyl (C=O) groups is 2. The summed E-state index contributed by atoms with van der Waals surface area (Å²) in [5, 5.41) is 12.3. The molecule has 19 heavy (non-hydrogen) atoms. The van der Waals surface area contributed by atoms with E-state index in [0.717, 1.165) is 32.1 Å². The van der Waals surface area contributed by atoms with Crippen LogP contribution in [0.15, 0.2) is 12.2 Å². The third-order valence-corrected chi connectivity index (χ3v) is 4.51. The summed E-state index contributed by atoms with van der Waals surface area (Å²) >= 11 is 0. The SMILES string of the molecule is CCC1C[C@H](C(=O)NC2CC=CCC2)[C@H](C(=O)O)C1. The molecule has 2 N–H and O–H groups in total. The van der Waals surface area contributed by atoms with Crippen molar-refractivity contribution in [3.05, 3.63) is 12.2 Å². The first-order valence-corrected chi connectivity index (χ1v) is 7.30. The van der Waals surface area contributed by atoms with Gasteiger partial charge >= 0.3 is 5.97 Å². The molecule has 0 heterocycles. The van der Waals surface area contributed by atoms with Gasteiger partial charge in [-0.3, -0.25) is 9.59 Å². The first kappa shape index (κ1) is 14.1. The number of amides is 1. The third-order valence-electron chi connectivity index (χ3n) is 4.51. The van der Waals surface area contributed by atoms with Crippen LogP contribution < -0.4 is 5.32 Å². The maximum atomic E-state index is 12.3. The predicted molar refractivity (Wildman–Crippen MR) is 72.6 cm³/mol. The van der Waals surface area contributed by atoms with Gasteiger partial charge in [0.15, 0.2) is 0 Å². The molecule has 2 aliphatic rings. The summed E-state index contributed by atoms with van der Waals surface area (Å²) in [6.45, 7) is 2.07. The quantitative estimate of drug-likeness (QED) is 0.767. The van der Waals surface area contributed by atoms with Gasteiger partial charge in [-0.2, -0.15) is 0 Å². The van der Waals surface area contributed by atoms with Crippen LogP contribution in [0.25, 0.3) is 0 Å². The first-order valence-electron chi connectivity index (χ1n) is 7.30. The van der Waals surface area contributed by atoms with E-state index in [0.29, 0.717) is 12.3 Å². The Labute approximate surface area is 114 Å². The van der Waals surface area contributed by atoms with Gasteiger partial charge in [0.25, 0.3) is 0 Å². The Morgan fingerprint density at radius 3 is 2.58 bits per heavy atom. The molecule has 4 atom stereocenters. The number of carbonyl (C=O) groups excluding carboxylic acids is 1. The molecule has 2 aliphatic carbocycles. The second kappa shape index (κ2) is 6.22. The largest absolute Gasteiger partial charge is 0.481 e. The maximum Gasteiger partial charge on any atom is 0.307 e. The Balaban J connectivity index is 1.96. The molecule has 0 aliphatic heterocycles. The standard InChI is InChI=1S/C15H23NO3/c1-2-10-8-12(13(9-10)15(18)19)14(17)16-11-6-4-3-5-7-11/h3-4,10-13H,2,5-9H2,1H3,(H,16,17)(H,18,19)/t10?,11?,12-,13+/m0/s1. The van der Waals surface area contributed by atoms with Crippen molar-refractivity contribution < 1.29 is 14.7 Å². The number of carboxylic acids is 1. The van der Waals surface area contributed by atoms with E-state index < -0.39 is 11.9 Å². The van der Waals surface area contributed by atoms with Gasteiger partial charge in [0.2, 0.25) is 5.91 Å². The average Bonchev–Trinajstić information content (AvgIpc) is 2.84. The van der Waals surface area contributed by atoms with Gasteiger partial charge in [-0.05, 0) is 38.0 Å². The van der Waals surface area contributed by atoms with Gasteiger partial charge in [-0.1, -0.05) is 25.5 Å². The number of aliphatic carboxylic acids is 1. The summed E-state index contributed by atoms with van der Waals surface area (Å²) in [5.74, 6) is -1.33. The van der Waals surface area contributed by atoms with Gasteiger partial charge in [0, 0.05) is 6.04 Å². The molecule has 0 aromatic rings. The smallest absolute Gasteiger partial charge is 0.307 e.